The topological polar surface area (TPSA) is 56.4 Å². The monoisotopic (exact) mass is 545 g/mol. The molecule has 2 aliphatic rings. The van der Waals surface area contributed by atoms with Gasteiger partial charge >= 0.3 is 0 Å². The number of piperazine rings is 1. The molecule has 0 aliphatic carbocycles. The molecule has 3 aromatic carbocycles. The first-order valence-corrected chi connectivity index (χ1v) is 12.9. The molecule has 1 fully saturated rings. The molecule has 4 aromatic rings. The van der Waals surface area contributed by atoms with Crippen LogP contribution in [0, 0.1) is 5.82 Å². The fraction of sp³-hybridized carbons (Fsp3) is 0.241. The summed E-state index contributed by atoms with van der Waals surface area (Å²) < 4.78 is 14.3. The van der Waals surface area contributed by atoms with E-state index in [9.17, 15) is 14.0 Å². The van der Waals surface area contributed by atoms with Gasteiger partial charge in [-0.05, 0) is 60.4 Å². The number of hydrogen-bond acceptors (Lipinski definition) is 2. The Morgan fingerprint density at radius 1 is 1.03 bits per heavy atom. The van der Waals surface area contributed by atoms with Crippen molar-refractivity contribution in [1.82, 2.24) is 14.8 Å². The van der Waals surface area contributed by atoms with Crippen molar-refractivity contribution in [1.29, 1.82) is 0 Å². The van der Waals surface area contributed by atoms with Crippen molar-refractivity contribution in [2.75, 3.05) is 19.6 Å². The lowest BCUT2D eigenvalue weighted by Gasteiger charge is -2.51. The van der Waals surface area contributed by atoms with E-state index in [1.54, 1.807) is 21.9 Å². The highest BCUT2D eigenvalue weighted by Gasteiger charge is 2.56. The largest absolute Gasteiger partial charge is 0.356 e. The summed E-state index contributed by atoms with van der Waals surface area (Å²) in [5, 5.41) is 1.07. The van der Waals surface area contributed by atoms with Crippen LogP contribution in [-0.4, -0.2) is 46.2 Å². The second kappa shape index (κ2) is 8.59. The summed E-state index contributed by atoms with van der Waals surface area (Å²) in [4.78, 5) is 34.6. The van der Waals surface area contributed by atoms with Crippen molar-refractivity contribution in [2.24, 2.45) is 0 Å². The first-order valence-electron chi connectivity index (χ1n) is 12.1. The van der Waals surface area contributed by atoms with E-state index in [0.717, 1.165) is 37.8 Å². The first kappa shape index (κ1) is 23.0. The molecule has 2 amide bonds. The maximum atomic E-state index is 14.1. The number of carbonyl (C=O) groups excluding carboxylic acids is 2. The van der Waals surface area contributed by atoms with Crippen LogP contribution in [0.1, 0.15) is 35.2 Å². The minimum Gasteiger partial charge on any atom is -0.356 e. The molecule has 1 N–H and O–H groups in total. The lowest BCUT2D eigenvalue weighted by Crippen LogP contribution is -2.67. The van der Waals surface area contributed by atoms with Crippen LogP contribution >= 0.6 is 15.9 Å². The summed E-state index contributed by atoms with van der Waals surface area (Å²) in [6.07, 6.45) is 0.552. The van der Waals surface area contributed by atoms with Crippen LogP contribution in [0.2, 0.25) is 0 Å². The van der Waals surface area contributed by atoms with Crippen LogP contribution in [0.5, 0.6) is 0 Å². The number of aromatic nitrogens is 1. The number of fused-ring (bicyclic) bond motifs is 5. The first-order chi connectivity index (χ1) is 17.4. The summed E-state index contributed by atoms with van der Waals surface area (Å²) in [6, 6.07) is 22.5. The molecule has 5 nitrogen and oxygen atoms in total. The predicted octanol–water partition coefficient (Wildman–Crippen LogP) is 5.34. The van der Waals surface area contributed by atoms with E-state index in [-0.39, 0.29) is 30.1 Å². The van der Waals surface area contributed by atoms with Gasteiger partial charge in [-0.25, -0.2) is 4.39 Å². The maximum Gasteiger partial charge on any atom is 0.254 e. The van der Waals surface area contributed by atoms with Crippen molar-refractivity contribution in [2.45, 2.75) is 24.8 Å². The Morgan fingerprint density at radius 3 is 2.50 bits per heavy atom. The van der Waals surface area contributed by atoms with Gasteiger partial charge in [0.15, 0.2) is 5.54 Å². The van der Waals surface area contributed by atoms with Crippen LogP contribution in [0.25, 0.3) is 10.9 Å². The van der Waals surface area contributed by atoms with Gasteiger partial charge in [-0.1, -0.05) is 58.4 Å². The van der Waals surface area contributed by atoms with Crippen molar-refractivity contribution >= 4 is 38.6 Å². The number of carbonyl (C=O) groups is 2. The van der Waals surface area contributed by atoms with Gasteiger partial charge in [0.25, 0.3) is 5.91 Å². The number of hydrogen-bond donors (Lipinski definition) is 1. The Kier molecular flexibility index (Phi) is 5.48. The van der Waals surface area contributed by atoms with E-state index in [1.165, 1.54) is 12.1 Å². The molecule has 3 heterocycles. The molecule has 0 bridgehead atoms. The normalized spacial score (nSPS) is 21.6. The average molecular weight is 546 g/mol. The Balaban J connectivity index is 1.43. The lowest BCUT2D eigenvalue weighted by molar-refractivity contribution is -0.166. The summed E-state index contributed by atoms with van der Waals surface area (Å²) in [7, 11) is 0. The second-order valence-electron chi connectivity index (χ2n) is 9.74. The predicted molar refractivity (Wildman–Crippen MR) is 140 cm³/mol. The average Bonchev–Trinajstić information content (AvgIpc) is 3.28. The van der Waals surface area contributed by atoms with Gasteiger partial charge in [-0.3, -0.25) is 9.59 Å². The number of H-pyrrole nitrogens is 1. The van der Waals surface area contributed by atoms with Crippen LogP contribution < -0.4 is 0 Å². The molecular formula is C29H25BrFN3O2. The lowest BCUT2D eigenvalue weighted by atomic mass is 9.76. The minimum atomic E-state index is -1.13. The summed E-state index contributed by atoms with van der Waals surface area (Å²) in [5.74, 6) is -0.506. The molecule has 2 atom stereocenters. The number of aromatic amines is 1. The Morgan fingerprint density at radius 2 is 1.75 bits per heavy atom. The number of amides is 2. The van der Waals surface area contributed by atoms with Gasteiger partial charge in [0.1, 0.15) is 5.82 Å². The molecule has 7 heteroatoms. The number of rotatable bonds is 4. The van der Waals surface area contributed by atoms with Crippen LogP contribution in [0.15, 0.2) is 77.3 Å². The molecule has 2 aliphatic heterocycles. The SMILES string of the molecule is C[C@]12C(=O)N(CCc3ccc(F)cc3)CC(=O)N1CC(c1ccc(Br)cc1)c1c2[nH]c2ccccc12. The third-order valence-corrected chi connectivity index (χ3v) is 8.20. The molecule has 1 aromatic heterocycles. The molecule has 0 radical (unpaired) electrons. The number of para-hydroxylation sites is 1. The van der Waals surface area contributed by atoms with E-state index < -0.39 is 5.54 Å². The molecule has 6 rings (SSSR count). The Hall–Kier alpha value is -3.45. The summed E-state index contributed by atoms with van der Waals surface area (Å²) in [6.45, 7) is 2.73. The number of halogens is 2. The smallest absolute Gasteiger partial charge is 0.254 e. The van der Waals surface area contributed by atoms with Crippen molar-refractivity contribution in [3.8, 4) is 0 Å². The Labute approximate surface area is 217 Å². The highest BCUT2D eigenvalue weighted by molar-refractivity contribution is 9.10. The van der Waals surface area contributed by atoms with Gasteiger partial charge in [-0.15, -0.1) is 0 Å². The molecule has 1 saturated heterocycles. The third-order valence-electron chi connectivity index (χ3n) is 7.67. The molecule has 1 unspecified atom stereocenters. The highest BCUT2D eigenvalue weighted by Crippen LogP contribution is 2.48. The fourth-order valence-electron chi connectivity index (χ4n) is 5.77. The van der Waals surface area contributed by atoms with E-state index in [0.29, 0.717) is 19.5 Å². The third kappa shape index (κ3) is 3.56. The molecule has 36 heavy (non-hydrogen) atoms. The number of nitrogens with one attached hydrogen (secondary N) is 1. The van der Waals surface area contributed by atoms with Crippen molar-refractivity contribution in [3.63, 3.8) is 0 Å². The Bertz CT molecular complexity index is 1480. The zero-order valence-electron chi connectivity index (χ0n) is 19.8. The molecule has 182 valence electrons. The van der Waals surface area contributed by atoms with E-state index in [4.69, 9.17) is 0 Å². The number of benzene rings is 3. The van der Waals surface area contributed by atoms with Crippen molar-refractivity contribution in [3.05, 3.63) is 105 Å². The number of nitrogens with zero attached hydrogens (tertiary/aromatic N) is 2. The van der Waals surface area contributed by atoms with Crippen LogP contribution in [0.3, 0.4) is 0 Å². The summed E-state index contributed by atoms with van der Waals surface area (Å²) in [5.41, 5.74) is 3.72. The van der Waals surface area contributed by atoms with Gasteiger partial charge < -0.3 is 14.8 Å². The minimum absolute atomic E-state index is 0.0399. The standard InChI is InChI=1S/C29H25BrFN3O2/c1-29-27-26(22-4-2-3-5-24(22)32-27)23(19-8-10-20(30)11-9-19)16-34(29)25(35)17-33(28(29)36)15-14-18-6-12-21(31)13-7-18/h2-13,23,32H,14-17H2,1H3/t23?,29-/m0/s1. The molecular weight excluding hydrogens is 521 g/mol. The van der Waals surface area contributed by atoms with E-state index in [1.807, 2.05) is 37.3 Å². The maximum absolute atomic E-state index is 14.1. The fourth-order valence-corrected chi connectivity index (χ4v) is 6.03. The zero-order chi connectivity index (χ0) is 25.0. The molecule has 0 saturated carbocycles. The second-order valence-corrected chi connectivity index (χ2v) is 10.7. The highest BCUT2D eigenvalue weighted by atomic mass is 79.9. The van der Waals surface area contributed by atoms with Gasteiger partial charge in [0.05, 0.1) is 12.2 Å². The van der Waals surface area contributed by atoms with E-state index in [2.05, 4.69) is 39.1 Å². The zero-order valence-corrected chi connectivity index (χ0v) is 21.4. The van der Waals surface area contributed by atoms with Crippen molar-refractivity contribution < 1.29 is 14.0 Å². The quantitative estimate of drug-likeness (QED) is 0.376. The van der Waals surface area contributed by atoms with Crippen LogP contribution in [0.4, 0.5) is 4.39 Å². The van der Waals surface area contributed by atoms with Crippen LogP contribution in [-0.2, 0) is 21.5 Å². The van der Waals surface area contributed by atoms with Gasteiger partial charge in [0, 0.05) is 34.4 Å². The van der Waals surface area contributed by atoms with Gasteiger partial charge in [0.2, 0.25) is 5.91 Å². The summed E-state index contributed by atoms with van der Waals surface area (Å²) >= 11 is 3.52. The molecule has 0 spiro atoms. The van der Waals surface area contributed by atoms with Gasteiger partial charge in [-0.2, -0.15) is 0 Å². The van der Waals surface area contributed by atoms with E-state index >= 15 is 0 Å².